The molecule has 0 bridgehead atoms. The van der Waals surface area contributed by atoms with Gasteiger partial charge in [-0.3, -0.25) is 20.1 Å². The third kappa shape index (κ3) is 10.4. The summed E-state index contributed by atoms with van der Waals surface area (Å²) in [6.45, 7) is 12.2. The maximum Gasteiger partial charge on any atom is 0.433 e. The summed E-state index contributed by atoms with van der Waals surface area (Å²) in [5, 5.41) is 6.79. The second-order valence-electron chi connectivity index (χ2n) is 9.99. The van der Waals surface area contributed by atoms with E-state index in [1.54, 1.807) is 13.1 Å². The Morgan fingerprint density at radius 3 is 2.34 bits per heavy atom. The Kier molecular flexibility index (Phi) is 13.3. The van der Waals surface area contributed by atoms with Crippen LogP contribution in [0.15, 0.2) is 58.6 Å². The van der Waals surface area contributed by atoms with Crippen molar-refractivity contribution in [2.45, 2.75) is 78.8 Å². The van der Waals surface area contributed by atoms with Gasteiger partial charge in [0.05, 0.1) is 17.0 Å². The third-order valence-corrected chi connectivity index (χ3v) is 7.06. The minimum atomic E-state index is -4.64. The topological polar surface area (TPSA) is 66.4 Å². The fourth-order valence-electron chi connectivity index (χ4n) is 3.72. The monoisotopic (exact) mass is 596 g/mol. The minimum absolute atomic E-state index is 0.00773. The summed E-state index contributed by atoms with van der Waals surface area (Å²) in [7, 11) is 0.334. The molecule has 1 aliphatic rings. The van der Waals surface area contributed by atoms with Gasteiger partial charge < -0.3 is 5.32 Å². The van der Waals surface area contributed by atoms with Crippen LogP contribution in [0.3, 0.4) is 0 Å². The number of carbonyl (C=O) groups excluding carboxylic acids is 1. The average molecular weight is 597 g/mol. The molecule has 0 spiro atoms. The average Bonchev–Trinajstić information content (AvgIpc) is 2.90. The molecule has 0 aliphatic carbocycles. The highest BCUT2D eigenvalue weighted by molar-refractivity contribution is 7.45. The van der Waals surface area contributed by atoms with Crippen LogP contribution >= 0.6 is 8.58 Å². The Hall–Kier alpha value is -2.97. The lowest BCUT2D eigenvalue weighted by atomic mass is 10.1. The number of halogens is 5. The first-order valence-corrected chi connectivity index (χ1v) is 14.7. The zero-order chi connectivity index (χ0) is 30.7. The largest absolute Gasteiger partial charge is 0.433 e. The first kappa shape index (κ1) is 34.2. The van der Waals surface area contributed by atoms with Crippen LogP contribution in [-0.2, 0) is 6.18 Å². The number of amides is 1. The number of nitrogens with zero attached hydrogens (tertiary/aromatic N) is 2. The van der Waals surface area contributed by atoms with Crippen LogP contribution in [0.1, 0.15) is 88.5 Å². The van der Waals surface area contributed by atoms with E-state index in [1.807, 2.05) is 6.92 Å². The lowest BCUT2D eigenvalue weighted by molar-refractivity contribution is -0.141. The molecule has 11 heteroatoms. The Balaban J connectivity index is 0.00000187. The number of benzene rings is 1. The fourth-order valence-corrected chi connectivity index (χ4v) is 5.08. The highest BCUT2D eigenvalue weighted by Gasteiger charge is 2.32. The van der Waals surface area contributed by atoms with Crippen LogP contribution in [0.5, 0.6) is 0 Å². The molecule has 1 aromatic carbocycles. The number of allylic oxidation sites excluding steroid dienone is 3. The van der Waals surface area contributed by atoms with E-state index in [1.165, 1.54) is 12.5 Å². The van der Waals surface area contributed by atoms with Gasteiger partial charge >= 0.3 is 6.18 Å². The number of aliphatic imine (C=N–C) groups is 1. The van der Waals surface area contributed by atoms with Crippen molar-refractivity contribution in [3.8, 4) is 0 Å². The number of rotatable bonds is 8. The van der Waals surface area contributed by atoms with Gasteiger partial charge in [-0.1, -0.05) is 61.8 Å². The lowest BCUT2D eigenvalue weighted by Gasteiger charge is -2.26. The summed E-state index contributed by atoms with van der Waals surface area (Å²) in [4.78, 5) is 20.3. The summed E-state index contributed by atoms with van der Waals surface area (Å²) in [5.41, 5.74) is -0.423. The Morgan fingerprint density at radius 2 is 1.78 bits per heavy atom. The van der Waals surface area contributed by atoms with Crippen LogP contribution in [0, 0.1) is 17.6 Å². The molecular formula is C30H38F5N4OP. The molecule has 2 N–H and O–H groups in total. The summed E-state index contributed by atoms with van der Waals surface area (Å²) < 4.78 is 67.4. The highest BCUT2D eigenvalue weighted by Crippen LogP contribution is 2.39. The highest BCUT2D eigenvalue weighted by atomic mass is 31.1. The maximum absolute atomic E-state index is 14.8. The minimum Gasteiger partial charge on any atom is -0.322 e. The molecule has 224 valence electrons. The van der Waals surface area contributed by atoms with Crippen LogP contribution in [-0.4, -0.2) is 22.9 Å². The van der Waals surface area contributed by atoms with E-state index >= 15 is 0 Å². The third-order valence-electron chi connectivity index (χ3n) is 5.67. The molecule has 1 amide bonds. The molecule has 0 radical (unpaired) electrons. The van der Waals surface area contributed by atoms with Crippen molar-refractivity contribution in [1.82, 2.24) is 10.3 Å². The molecule has 0 saturated carbocycles. The van der Waals surface area contributed by atoms with Gasteiger partial charge in [-0.2, -0.15) is 13.2 Å². The molecule has 41 heavy (non-hydrogen) atoms. The number of aromatic nitrogens is 1. The number of pyridine rings is 1. The van der Waals surface area contributed by atoms with Crippen LogP contribution in [0.4, 0.5) is 27.6 Å². The zero-order valence-corrected chi connectivity index (χ0v) is 25.2. The van der Waals surface area contributed by atoms with Crippen molar-refractivity contribution in [3.63, 3.8) is 0 Å². The van der Waals surface area contributed by atoms with Crippen molar-refractivity contribution < 1.29 is 26.7 Å². The van der Waals surface area contributed by atoms with E-state index < -0.39 is 35.5 Å². The summed E-state index contributed by atoms with van der Waals surface area (Å²) in [5.74, 6) is -2.74. The van der Waals surface area contributed by atoms with Gasteiger partial charge in [-0.05, 0) is 49.2 Å². The molecule has 3 unspecified atom stereocenters. The van der Waals surface area contributed by atoms with E-state index in [0.29, 0.717) is 20.6 Å². The van der Waals surface area contributed by atoms with E-state index in [0.717, 1.165) is 42.2 Å². The van der Waals surface area contributed by atoms with Gasteiger partial charge in [0.2, 0.25) is 0 Å². The standard InChI is InChI=1S/C27H30F5N4OP.C3H8/c1-5-6-21-22(9-7-15(2)3)38-24(14-33-21)35-16(4)19-11-18(12-20(28)25(19)29)36-26(37)17-8-10-23(34-13-17)27(30,31)32;1-3-2/h6,8-16,24,35,38H,5,7H2,1-4H3,(H,36,37);3H2,1-2H3/b21-6+,22-9-;. The first-order valence-electron chi connectivity index (χ1n) is 13.6. The van der Waals surface area contributed by atoms with Crippen molar-refractivity contribution in [1.29, 1.82) is 0 Å². The van der Waals surface area contributed by atoms with Gasteiger partial charge in [0.15, 0.2) is 11.6 Å². The predicted molar refractivity (Wildman–Crippen MR) is 158 cm³/mol. The summed E-state index contributed by atoms with van der Waals surface area (Å²) >= 11 is 0. The van der Waals surface area contributed by atoms with Gasteiger partial charge in [-0.15, -0.1) is 0 Å². The molecule has 2 aromatic rings. The van der Waals surface area contributed by atoms with Crippen molar-refractivity contribution in [2.75, 3.05) is 5.32 Å². The number of carbonyl (C=O) groups is 1. The number of hydrogen-bond donors (Lipinski definition) is 2. The summed E-state index contributed by atoms with van der Waals surface area (Å²) in [6, 6.07) is 3.12. The Bertz CT molecular complexity index is 1260. The van der Waals surface area contributed by atoms with E-state index in [2.05, 4.69) is 60.5 Å². The van der Waals surface area contributed by atoms with Crippen molar-refractivity contribution in [2.24, 2.45) is 10.9 Å². The molecule has 0 fully saturated rings. The number of alkyl halides is 3. The number of hydrogen-bond acceptors (Lipinski definition) is 4. The quantitative estimate of drug-likeness (QED) is 0.236. The van der Waals surface area contributed by atoms with Gasteiger partial charge in [0, 0.05) is 35.8 Å². The molecular weight excluding hydrogens is 558 g/mol. The van der Waals surface area contributed by atoms with Crippen molar-refractivity contribution in [3.05, 3.63) is 82.1 Å². The molecule has 1 aromatic heterocycles. The van der Waals surface area contributed by atoms with Gasteiger partial charge in [0.1, 0.15) is 5.69 Å². The van der Waals surface area contributed by atoms with E-state index in [-0.39, 0.29) is 22.6 Å². The predicted octanol–water partition coefficient (Wildman–Crippen LogP) is 9.01. The number of anilines is 1. The van der Waals surface area contributed by atoms with E-state index in [9.17, 15) is 26.7 Å². The molecule has 2 heterocycles. The van der Waals surface area contributed by atoms with Gasteiger partial charge in [-0.25, -0.2) is 8.78 Å². The first-order chi connectivity index (χ1) is 19.3. The molecule has 3 atom stereocenters. The van der Waals surface area contributed by atoms with Gasteiger partial charge in [0.25, 0.3) is 5.91 Å². The second kappa shape index (κ2) is 15.9. The molecule has 5 nitrogen and oxygen atoms in total. The Labute approximate surface area is 240 Å². The Morgan fingerprint density at radius 1 is 1.10 bits per heavy atom. The SMILES string of the molecule is CC/C=C1/N=CC(NC(C)c2cc(NC(=O)c3ccc(C(F)(F)F)nc3)cc(F)c2F)P/C1=C\CC(C)C.CCC. The zero-order valence-electron chi connectivity index (χ0n) is 24.2. The normalized spacial score (nSPS) is 18.5. The van der Waals surface area contributed by atoms with Crippen LogP contribution < -0.4 is 10.6 Å². The van der Waals surface area contributed by atoms with E-state index in [4.69, 9.17) is 0 Å². The van der Waals surface area contributed by atoms with Crippen LogP contribution in [0.2, 0.25) is 0 Å². The second-order valence-corrected chi connectivity index (χ2v) is 11.4. The maximum atomic E-state index is 14.8. The molecule has 3 rings (SSSR count). The molecule has 1 aliphatic heterocycles. The fraction of sp³-hybridized carbons (Fsp3) is 0.433. The number of nitrogens with one attached hydrogen (secondary N) is 2. The summed E-state index contributed by atoms with van der Waals surface area (Å²) in [6.07, 6.45) is 5.12. The lowest BCUT2D eigenvalue weighted by Crippen LogP contribution is -2.31. The van der Waals surface area contributed by atoms with Crippen LogP contribution in [0.25, 0.3) is 0 Å². The molecule has 0 saturated heterocycles. The smallest absolute Gasteiger partial charge is 0.322 e. The van der Waals surface area contributed by atoms with Crippen molar-refractivity contribution >= 4 is 26.4 Å².